The molecular formula is C36H40O2Si4. The van der Waals surface area contributed by atoms with Gasteiger partial charge in [0.2, 0.25) is 33.3 Å². The van der Waals surface area contributed by atoms with E-state index in [0.29, 0.717) is 0 Å². The van der Waals surface area contributed by atoms with Crippen molar-refractivity contribution in [3.05, 3.63) is 97.1 Å². The smallest absolute Gasteiger partial charge is 0.206 e. The van der Waals surface area contributed by atoms with E-state index in [-0.39, 0.29) is 0 Å². The van der Waals surface area contributed by atoms with Gasteiger partial charge in [-0.05, 0) is 116 Å². The summed E-state index contributed by atoms with van der Waals surface area (Å²) in [5, 5.41) is 15.8. The van der Waals surface area contributed by atoms with Crippen LogP contribution in [-0.2, 0) is 8.23 Å². The number of hydrogen-bond donors (Lipinski definition) is 0. The molecule has 0 saturated heterocycles. The van der Waals surface area contributed by atoms with E-state index in [4.69, 9.17) is 8.23 Å². The molecule has 212 valence electrons. The fraction of sp³-hybridized carbons (Fsp3) is 0.222. The minimum atomic E-state index is -2.24. The fourth-order valence-corrected chi connectivity index (χ4v) is 23.1. The van der Waals surface area contributed by atoms with Gasteiger partial charge in [0.15, 0.2) is 0 Å². The van der Waals surface area contributed by atoms with Gasteiger partial charge in [-0.2, -0.15) is 0 Å². The highest BCUT2D eigenvalue weighted by Gasteiger charge is 2.38. The minimum Gasteiger partial charge on any atom is -0.449 e. The highest BCUT2D eigenvalue weighted by Crippen LogP contribution is 2.30. The molecule has 0 radical (unpaired) electrons. The van der Waals surface area contributed by atoms with Crippen molar-refractivity contribution in [3.8, 4) is 0 Å². The molecule has 6 aromatic rings. The van der Waals surface area contributed by atoms with Crippen LogP contribution in [0.5, 0.6) is 0 Å². The predicted molar refractivity (Wildman–Crippen MR) is 194 cm³/mol. The molecule has 42 heavy (non-hydrogen) atoms. The van der Waals surface area contributed by atoms with Gasteiger partial charge in [0.1, 0.15) is 0 Å². The van der Waals surface area contributed by atoms with E-state index in [1.54, 1.807) is 0 Å². The summed E-state index contributed by atoms with van der Waals surface area (Å²) in [5.74, 6) is 0. The van der Waals surface area contributed by atoms with Gasteiger partial charge in [0.05, 0.1) is 0 Å². The summed E-state index contributed by atoms with van der Waals surface area (Å²) in [7, 11) is -8.96. The Morgan fingerprint density at radius 3 is 0.714 bits per heavy atom. The van der Waals surface area contributed by atoms with Crippen molar-refractivity contribution in [1.29, 1.82) is 0 Å². The molecule has 7 rings (SSSR count). The first-order valence-corrected chi connectivity index (χ1v) is 26.7. The van der Waals surface area contributed by atoms with Crippen LogP contribution in [0.4, 0.5) is 0 Å². The van der Waals surface area contributed by atoms with Crippen LogP contribution in [0.15, 0.2) is 97.1 Å². The largest absolute Gasteiger partial charge is 0.449 e. The normalized spacial score (nSPS) is 19.0. The zero-order chi connectivity index (χ0) is 29.7. The number of fused-ring (bicyclic) bond motifs is 4. The second-order valence-corrected chi connectivity index (χ2v) is 30.1. The summed E-state index contributed by atoms with van der Waals surface area (Å²) < 4.78 is 14.7. The molecule has 2 nitrogen and oxygen atoms in total. The number of rotatable bonds is 0. The SMILES string of the molecule is C[Si]1(C)O[Si](C)(C)c2ccc3ccc4ccc(cc4c3c2)[Si](C)(C)O[Si](C)(C)c2ccc3ccc4ccc1cc4c3c2. The van der Waals surface area contributed by atoms with Crippen LogP contribution in [0.1, 0.15) is 0 Å². The molecule has 0 saturated carbocycles. The molecule has 1 heterocycles. The van der Waals surface area contributed by atoms with Crippen molar-refractivity contribution >= 4 is 97.1 Å². The third-order valence-electron chi connectivity index (χ3n) is 9.48. The molecular weight excluding hydrogens is 577 g/mol. The Labute approximate surface area is 253 Å². The molecule has 1 aliphatic rings. The molecule has 0 atom stereocenters. The first kappa shape index (κ1) is 27.9. The summed E-state index contributed by atoms with van der Waals surface area (Å²) in [6, 6.07) is 37.3. The Kier molecular flexibility index (Phi) is 6.20. The summed E-state index contributed by atoms with van der Waals surface area (Å²) >= 11 is 0. The zero-order valence-electron chi connectivity index (χ0n) is 26.1. The Bertz CT molecular complexity index is 1770. The second-order valence-electron chi connectivity index (χ2n) is 14.1. The average molecular weight is 617 g/mol. The van der Waals surface area contributed by atoms with Crippen molar-refractivity contribution in [1.82, 2.24) is 0 Å². The summed E-state index contributed by atoms with van der Waals surface area (Å²) in [4.78, 5) is 0. The van der Waals surface area contributed by atoms with Crippen LogP contribution >= 0.6 is 0 Å². The van der Waals surface area contributed by atoms with Gasteiger partial charge in [0.25, 0.3) is 0 Å². The van der Waals surface area contributed by atoms with E-state index in [2.05, 4.69) is 149 Å². The predicted octanol–water partition coefficient (Wildman–Crippen LogP) is 7.69. The molecule has 0 fully saturated rings. The lowest BCUT2D eigenvalue weighted by molar-refractivity contribution is 0.572. The van der Waals surface area contributed by atoms with Gasteiger partial charge in [0, 0.05) is 0 Å². The number of benzene rings is 6. The zero-order valence-corrected chi connectivity index (χ0v) is 30.1. The van der Waals surface area contributed by atoms with E-state index < -0.39 is 33.3 Å². The van der Waals surface area contributed by atoms with Gasteiger partial charge in [-0.1, -0.05) is 97.1 Å². The van der Waals surface area contributed by atoms with E-state index >= 15 is 0 Å². The van der Waals surface area contributed by atoms with Crippen molar-refractivity contribution in [2.75, 3.05) is 0 Å². The van der Waals surface area contributed by atoms with E-state index in [9.17, 15) is 0 Å². The third-order valence-corrected chi connectivity index (χ3v) is 24.5. The molecule has 0 unspecified atom stereocenters. The van der Waals surface area contributed by atoms with Gasteiger partial charge >= 0.3 is 0 Å². The van der Waals surface area contributed by atoms with Gasteiger partial charge in [-0.15, -0.1) is 0 Å². The standard InChI is InChI=1S/C36H40O2Si4/c1-39(2)29-17-13-25-9-10-26-15-19-31(23-34(26)33(25)21-29)41(5,6)38-42(7,8)32-20-16-28-12-11-27-14-18-30(40(3,4)37-39)22-35(27)36(28)24-32/h9-24H,1-8H3. The highest BCUT2D eigenvalue weighted by molar-refractivity contribution is 6.98. The quantitative estimate of drug-likeness (QED) is 0.129. The van der Waals surface area contributed by atoms with Crippen LogP contribution < -0.4 is 20.7 Å². The lowest BCUT2D eigenvalue weighted by Gasteiger charge is -2.35. The maximum absolute atomic E-state index is 7.34. The fourth-order valence-electron chi connectivity index (χ4n) is 7.11. The molecule has 8 bridgehead atoms. The van der Waals surface area contributed by atoms with Crippen molar-refractivity contribution in [3.63, 3.8) is 0 Å². The lowest BCUT2D eigenvalue weighted by atomic mass is 10.0. The van der Waals surface area contributed by atoms with Gasteiger partial charge < -0.3 is 8.23 Å². The van der Waals surface area contributed by atoms with Crippen LogP contribution in [-0.4, -0.2) is 33.3 Å². The molecule has 6 aromatic carbocycles. The minimum absolute atomic E-state index is 1.28. The average Bonchev–Trinajstić information content (AvgIpc) is 2.94. The molecule has 0 spiro atoms. The summed E-state index contributed by atoms with van der Waals surface area (Å²) in [6.07, 6.45) is 0. The van der Waals surface area contributed by atoms with Crippen molar-refractivity contribution in [2.45, 2.75) is 52.4 Å². The maximum Gasteiger partial charge on any atom is 0.206 e. The van der Waals surface area contributed by atoms with Crippen LogP contribution in [0, 0.1) is 0 Å². The van der Waals surface area contributed by atoms with Crippen LogP contribution in [0.3, 0.4) is 0 Å². The molecule has 0 amide bonds. The van der Waals surface area contributed by atoms with Crippen molar-refractivity contribution < 1.29 is 8.23 Å². The van der Waals surface area contributed by atoms with Gasteiger partial charge in [-0.25, -0.2) is 0 Å². The third kappa shape index (κ3) is 4.56. The second kappa shape index (κ2) is 9.32. The first-order chi connectivity index (χ1) is 19.7. The molecule has 0 aliphatic carbocycles. The lowest BCUT2D eigenvalue weighted by Crippen LogP contribution is -2.57. The summed E-state index contributed by atoms with van der Waals surface area (Å²) in [5.41, 5.74) is 0. The molecule has 0 aromatic heterocycles. The van der Waals surface area contributed by atoms with Crippen LogP contribution in [0.25, 0.3) is 43.1 Å². The molecule has 0 N–H and O–H groups in total. The van der Waals surface area contributed by atoms with E-state index in [1.165, 1.54) is 63.8 Å². The Hall–Kier alpha value is -2.85. The summed E-state index contributed by atoms with van der Waals surface area (Å²) in [6.45, 7) is 19.0. The highest BCUT2D eigenvalue weighted by atomic mass is 28.4. The van der Waals surface area contributed by atoms with Gasteiger partial charge in [-0.3, -0.25) is 0 Å². The number of hydrogen-bond acceptors (Lipinski definition) is 2. The monoisotopic (exact) mass is 616 g/mol. The van der Waals surface area contributed by atoms with E-state index in [0.717, 1.165) is 0 Å². The van der Waals surface area contributed by atoms with E-state index in [1.807, 2.05) is 0 Å². The Morgan fingerprint density at radius 2 is 0.500 bits per heavy atom. The maximum atomic E-state index is 7.34. The first-order valence-electron chi connectivity index (χ1n) is 15.1. The Morgan fingerprint density at radius 1 is 0.310 bits per heavy atom. The molecule has 1 aliphatic heterocycles. The Balaban J connectivity index is 1.53. The van der Waals surface area contributed by atoms with Crippen molar-refractivity contribution in [2.24, 2.45) is 0 Å². The van der Waals surface area contributed by atoms with Crippen LogP contribution in [0.2, 0.25) is 52.4 Å². The topological polar surface area (TPSA) is 18.5 Å². The molecule has 6 heteroatoms.